The molecule has 2 aromatic carbocycles. The molecule has 1 aliphatic heterocycles. The van der Waals surface area contributed by atoms with Crippen LogP contribution < -0.4 is 25.7 Å². The highest BCUT2D eigenvalue weighted by molar-refractivity contribution is 6.03. The average Bonchev–Trinajstić information content (AvgIpc) is 2.70. The molecule has 0 bridgehead atoms. The van der Waals surface area contributed by atoms with Crippen molar-refractivity contribution < 1.29 is 18.7 Å². The summed E-state index contributed by atoms with van der Waals surface area (Å²) in [6.07, 6.45) is -0.875. The maximum atomic E-state index is 12.7. The number of ether oxygens (including phenoxy) is 2. The topological polar surface area (TPSA) is 89.8 Å². The van der Waals surface area contributed by atoms with Crippen molar-refractivity contribution in [2.24, 2.45) is 0 Å². The van der Waals surface area contributed by atoms with E-state index in [9.17, 15) is 9.59 Å². The first-order valence-electron chi connectivity index (χ1n) is 8.66. The number of hydrogen-bond donors (Lipinski definition) is 2. The lowest BCUT2D eigenvalue weighted by atomic mass is 10.1. The van der Waals surface area contributed by atoms with Gasteiger partial charge in [-0.05, 0) is 31.2 Å². The van der Waals surface area contributed by atoms with Gasteiger partial charge in [-0.2, -0.15) is 0 Å². The summed E-state index contributed by atoms with van der Waals surface area (Å²) >= 11 is 0. The summed E-state index contributed by atoms with van der Waals surface area (Å²) in [4.78, 5) is 25.1. The fourth-order valence-corrected chi connectivity index (χ4v) is 2.98. The molecule has 4 rings (SSSR count). The van der Waals surface area contributed by atoms with Gasteiger partial charge in [0.25, 0.3) is 5.91 Å². The Morgan fingerprint density at radius 1 is 1.07 bits per heavy atom. The minimum absolute atomic E-state index is 0.0539. The smallest absolute Gasteiger partial charge is 0.362 e. The minimum Gasteiger partial charge on any atom is -0.485 e. The van der Waals surface area contributed by atoms with E-state index < -0.39 is 17.6 Å². The molecule has 1 aromatic heterocycles. The van der Waals surface area contributed by atoms with Crippen molar-refractivity contribution in [3.8, 4) is 11.5 Å². The number of hydrogen-bond acceptors (Lipinski definition) is 6. The SMILES string of the molecule is CCNc1c(NC(=O)C2COc3ccccc3O2)c(=O)oc2ccccc12. The first-order valence-corrected chi connectivity index (χ1v) is 8.66. The highest BCUT2D eigenvalue weighted by Crippen LogP contribution is 2.32. The molecule has 0 radical (unpaired) electrons. The van der Waals surface area contributed by atoms with E-state index in [-0.39, 0.29) is 12.3 Å². The molecule has 27 heavy (non-hydrogen) atoms. The monoisotopic (exact) mass is 366 g/mol. The van der Waals surface area contributed by atoms with Gasteiger partial charge in [0.2, 0.25) is 6.10 Å². The summed E-state index contributed by atoms with van der Waals surface area (Å²) in [7, 11) is 0. The van der Waals surface area contributed by atoms with Gasteiger partial charge in [-0.15, -0.1) is 0 Å². The summed E-state index contributed by atoms with van der Waals surface area (Å²) in [6.45, 7) is 2.54. The molecule has 138 valence electrons. The molecule has 1 aliphatic rings. The van der Waals surface area contributed by atoms with Gasteiger partial charge in [-0.3, -0.25) is 4.79 Å². The number of para-hydroxylation sites is 3. The number of carbonyl (C=O) groups excluding carboxylic acids is 1. The summed E-state index contributed by atoms with van der Waals surface area (Å²) in [5.74, 6) is 0.590. The van der Waals surface area contributed by atoms with E-state index in [0.29, 0.717) is 34.7 Å². The second-order valence-corrected chi connectivity index (χ2v) is 6.02. The predicted octanol–water partition coefficient (Wildman–Crippen LogP) is 3.00. The van der Waals surface area contributed by atoms with Crippen LogP contribution in [0.1, 0.15) is 6.92 Å². The fourth-order valence-electron chi connectivity index (χ4n) is 2.98. The van der Waals surface area contributed by atoms with Gasteiger partial charge in [-0.25, -0.2) is 4.79 Å². The highest BCUT2D eigenvalue weighted by atomic mass is 16.6. The van der Waals surface area contributed by atoms with Gasteiger partial charge >= 0.3 is 5.63 Å². The van der Waals surface area contributed by atoms with Crippen molar-refractivity contribution in [1.29, 1.82) is 0 Å². The van der Waals surface area contributed by atoms with Gasteiger partial charge in [0.15, 0.2) is 17.2 Å². The van der Waals surface area contributed by atoms with Crippen molar-refractivity contribution in [1.82, 2.24) is 0 Å². The highest BCUT2D eigenvalue weighted by Gasteiger charge is 2.29. The molecule has 1 amide bonds. The summed E-state index contributed by atoms with van der Waals surface area (Å²) in [5, 5.41) is 6.49. The number of carbonyl (C=O) groups is 1. The molecule has 2 heterocycles. The lowest BCUT2D eigenvalue weighted by Crippen LogP contribution is -2.41. The largest absolute Gasteiger partial charge is 0.485 e. The molecule has 0 saturated heterocycles. The van der Waals surface area contributed by atoms with Crippen LogP contribution in [-0.2, 0) is 4.79 Å². The van der Waals surface area contributed by atoms with Gasteiger partial charge in [0.1, 0.15) is 12.2 Å². The Morgan fingerprint density at radius 2 is 1.81 bits per heavy atom. The maximum absolute atomic E-state index is 12.7. The van der Waals surface area contributed by atoms with E-state index in [4.69, 9.17) is 13.9 Å². The maximum Gasteiger partial charge on any atom is 0.362 e. The average molecular weight is 366 g/mol. The van der Waals surface area contributed by atoms with E-state index in [1.165, 1.54) is 0 Å². The second kappa shape index (κ2) is 7.03. The van der Waals surface area contributed by atoms with Crippen LogP contribution in [0.5, 0.6) is 11.5 Å². The molecule has 0 saturated carbocycles. The number of benzene rings is 2. The van der Waals surface area contributed by atoms with Crippen molar-refractivity contribution >= 4 is 28.3 Å². The van der Waals surface area contributed by atoms with Crippen molar-refractivity contribution in [2.75, 3.05) is 23.8 Å². The third-order valence-electron chi connectivity index (χ3n) is 4.22. The number of anilines is 2. The van der Waals surface area contributed by atoms with Gasteiger partial charge in [0, 0.05) is 11.9 Å². The Bertz CT molecular complexity index is 1060. The normalized spacial score (nSPS) is 15.4. The van der Waals surface area contributed by atoms with Crippen LogP contribution in [0.4, 0.5) is 11.4 Å². The van der Waals surface area contributed by atoms with E-state index in [2.05, 4.69) is 10.6 Å². The van der Waals surface area contributed by atoms with Crippen LogP contribution in [0.25, 0.3) is 11.0 Å². The Labute approximate surface area is 154 Å². The molecule has 1 unspecified atom stereocenters. The molecular weight excluding hydrogens is 348 g/mol. The van der Waals surface area contributed by atoms with E-state index in [1.54, 1.807) is 30.3 Å². The standard InChI is InChI=1S/C20H18N2O5/c1-2-21-17-12-7-3-4-8-13(12)27-20(24)18(17)22-19(23)16-11-25-14-9-5-6-10-15(14)26-16/h3-10,16,21H,2,11H2,1H3,(H,22,23). The number of nitrogens with one attached hydrogen (secondary N) is 2. The number of rotatable bonds is 4. The van der Waals surface area contributed by atoms with Crippen LogP contribution >= 0.6 is 0 Å². The molecular formula is C20H18N2O5. The third kappa shape index (κ3) is 3.19. The molecule has 0 aliphatic carbocycles. The second-order valence-electron chi connectivity index (χ2n) is 6.02. The Balaban J connectivity index is 1.65. The summed E-state index contributed by atoms with van der Waals surface area (Å²) in [5.41, 5.74) is 0.399. The van der Waals surface area contributed by atoms with Crippen molar-refractivity contribution in [2.45, 2.75) is 13.0 Å². The Morgan fingerprint density at radius 3 is 2.63 bits per heavy atom. The lowest BCUT2D eigenvalue weighted by Gasteiger charge is -2.25. The van der Waals surface area contributed by atoms with Crippen molar-refractivity contribution in [3.63, 3.8) is 0 Å². The quantitative estimate of drug-likeness (QED) is 0.690. The minimum atomic E-state index is -0.875. The predicted molar refractivity (Wildman–Crippen MR) is 102 cm³/mol. The zero-order chi connectivity index (χ0) is 18.8. The first-order chi connectivity index (χ1) is 13.2. The molecule has 7 nitrogen and oxygen atoms in total. The van der Waals surface area contributed by atoms with E-state index in [0.717, 1.165) is 0 Å². The van der Waals surface area contributed by atoms with Crippen LogP contribution in [0.15, 0.2) is 57.7 Å². The van der Waals surface area contributed by atoms with Crippen LogP contribution in [-0.4, -0.2) is 25.2 Å². The van der Waals surface area contributed by atoms with Crippen LogP contribution in [0.2, 0.25) is 0 Å². The third-order valence-corrected chi connectivity index (χ3v) is 4.22. The van der Waals surface area contributed by atoms with Gasteiger partial charge in [-0.1, -0.05) is 24.3 Å². The molecule has 7 heteroatoms. The first kappa shape index (κ1) is 17.0. The van der Waals surface area contributed by atoms with Crippen molar-refractivity contribution in [3.05, 3.63) is 59.0 Å². The van der Waals surface area contributed by atoms with Crippen LogP contribution in [0.3, 0.4) is 0 Å². The summed E-state index contributed by atoms with van der Waals surface area (Å²) in [6, 6.07) is 14.3. The summed E-state index contributed by atoms with van der Waals surface area (Å²) < 4.78 is 16.6. The Kier molecular flexibility index (Phi) is 4.42. The van der Waals surface area contributed by atoms with Crippen LogP contribution in [0, 0.1) is 0 Å². The molecule has 3 aromatic rings. The Hall–Kier alpha value is -3.48. The van der Waals surface area contributed by atoms with E-state index in [1.807, 2.05) is 25.1 Å². The molecule has 1 atom stereocenters. The fraction of sp³-hybridized carbons (Fsp3) is 0.200. The van der Waals surface area contributed by atoms with Gasteiger partial charge < -0.3 is 24.5 Å². The molecule has 0 fully saturated rings. The van der Waals surface area contributed by atoms with E-state index >= 15 is 0 Å². The van der Waals surface area contributed by atoms with Gasteiger partial charge in [0.05, 0.1) is 5.69 Å². The molecule has 0 spiro atoms. The zero-order valence-electron chi connectivity index (χ0n) is 14.7. The zero-order valence-corrected chi connectivity index (χ0v) is 14.7. The lowest BCUT2D eigenvalue weighted by molar-refractivity contribution is -0.125. The molecule has 2 N–H and O–H groups in total. The number of fused-ring (bicyclic) bond motifs is 2. The number of amides is 1.